The van der Waals surface area contributed by atoms with Crippen molar-refractivity contribution in [2.75, 3.05) is 13.1 Å². The number of nitrogens with zero attached hydrogens (tertiary/aromatic N) is 1. The highest BCUT2D eigenvalue weighted by Gasteiger charge is 2.33. The van der Waals surface area contributed by atoms with E-state index in [-0.39, 0.29) is 30.3 Å². The van der Waals surface area contributed by atoms with Crippen molar-refractivity contribution in [3.05, 3.63) is 35.4 Å². The van der Waals surface area contributed by atoms with Gasteiger partial charge in [-0.05, 0) is 31.0 Å². The Labute approximate surface area is 136 Å². The van der Waals surface area contributed by atoms with Gasteiger partial charge in [0.05, 0.1) is 5.92 Å². The molecule has 1 aromatic rings. The number of amides is 3. The fourth-order valence-corrected chi connectivity index (χ4v) is 2.57. The normalized spacial score (nSPS) is 17.8. The molecule has 0 bridgehead atoms. The van der Waals surface area contributed by atoms with Crippen LogP contribution in [0.2, 0.25) is 0 Å². The van der Waals surface area contributed by atoms with Crippen molar-refractivity contribution >= 4 is 17.7 Å². The smallest absolute Gasteiger partial charge is 0.330 e. The fourth-order valence-electron chi connectivity index (χ4n) is 2.57. The molecule has 1 fully saturated rings. The summed E-state index contributed by atoms with van der Waals surface area (Å²) in [4.78, 5) is 35.5. The second-order valence-electron chi connectivity index (χ2n) is 5.65. The van der Waals surface area contributed by atoms with Crippen molar-refractivity contribution in [3.63, 3.8) is 0 Å². The van der Waals surface area contributed by atoms with Crippen LogP contribution in [-0.2, 0) is 16.0 Å². The third kappa shape index (κ3) is 4.56. The van der Waals surface area contributed by atoms with Crippen LogP contribution in [0, 0.1) is 5.92 Å². The summed E-state index contributed by atoms with van der Waals surface area (Å²) in [5.74, 6) is -1.79. The number of halogens is 3. The number of alkyl halides is 3. The molecule has 5 nitrogen and oxygen atoms in total. The van der Waals surface area contributed by atoms with Gasteiger partial charge in [-0.25, -0.2) is 0 Å². The average Bonchev–Trinajstić information content (AvgIpc) is 2.81. The zero-order chi connectivity index (χ0) is 17.9. The third-order valence-electron chi connectivity index (χ3n) is 3.79. The van der Waals surface area contributed by atoms with E-state index in [1.54, 1.807) is 12.1 Å². The Kier molecular flexibility index (Phi) is 5.26. The Hall–Kier alpha value is -2.38. The largest absolute Gasteiger partial charge is 0.406 e. The van der Waals surface area contributed by atoms with Gasteiger partial charge in [-0.1, -0.05) is 12.1 Å². The number of hydrogen-bond acceptors (Lipinski definition) is 3. The van der Waals surface area contributed by atoms with E-state index in [1.165, 1.54) is 19.1 Å². The second-order valence-corrected chi connectivity index (χ2v) is 5.65. The highest BCUT2D eigenvalue weighted by molar-refractivity contribution is 6.03. The van der Waals surface area contributed by atoms with Crippen molar-refractivity contribution in [1.29, 1.82) is 0 Å². The van der Waals surface area contributed by atoms with Gasteiger partial charge in [0, 0.05) is 18.5 Å². The predicted molar refractivity (Wildman–Crippen MR) is 79.0 cm³/mol. The van der Waals surface area contributed by atoms with E-state index in [1.807, 2.05) is 0 Å². The van der Waals surface area contributed by atoms with Gasteiger partial charge in [0.25, 0.3) is 5.91 Å². The minimum atomic E-state index is -4.45. The Morgan fingerprint density at radius 3 is 2.33 bits per heavy atom. The summed E-state index contributed by atoms with van der Waals surface area (Å²) in [6.07, 6.45) is -3.99. The van der Waals surface area contributed by atoms with E-state index >= 15 is 0 Å². The van der Waals surface area contributed by atoms with Crippen molar-refractivity contribution in [2.45, 2.75) is 25.9 Å². The molecule has 3 amide bonds. The molecule has 1 aliphatic heterocycles. The lowest BCUT2D eigenvalue weighted by molar-refractivity contribution is -0.140. The first-order valence-corrected chi connectivity index (χ1v) is 7.48. The molecule has 1 aromatic carbocycles. The molecule has 24 heavy (non-hydrogen) atoms. The predicted octanol–water partition coefficient (Wildman–Crippen LogP) is 1.92. The van der Waals surface area contributed by atoms with Crippen molar-refractivity contribution < 1.29 is 27.6 Å². The fraction of sp³-hybridized carbons (Fsp3) is 0.438. The van der Waals surface area contributed by atoms with Gasteiger partial charge in [-0.15, -0.1) is 0 Å². The van der Waals surface area contributed by atoms with E-state index in [0.29, 0.717) is 6.42 Å². The molecular weight excluding hydrogens is 325 g/mol. The molecule has 1 heterocycles. The van der Waals surface area contributed by atoms with E-state index < -0.39 is 24.5 Å². The molecular formula is C16H17F3N2O3. The van der Waals surface area contributed by atoms with Crippen LogP contribution >= 0.6 is 0 Å². The molecule has 0 saturated carbocycles. The zero-order valence-corrected chi connectivity index (χ0v) is 13.0. The quantitative estimate of drug-likeness (QED) is 0.832. The summed E-state index contributed by atoms with van der Waals surface area (Å²) in [5.41, 5.74) is 0.886. The summed E-state index contributed by atoms with van der Waals surface area (Å²) < 4.78 is 37.4. The molecule has 0 aromatic heterocycles. The lowest BCUT2D eigenvalue weighted by atomic mass is 9.97. The van der Waals surface area contributed by atoms with Crippen LogP contribution in [0.15, 0.2) is 24.3 Å². The topological polar surface area (TPSA) is 66.5 Å². The lowest BCUT2D eigenvalue weighted by Gasteiger charge is -2.22. The number of hydrogen-bond donors (Lipinski definition) is 1. The minimum Gasteiger partial charge on any atom is -0.330 e. The Bertz CT molecular complexity index is 641. The monoisotopic (exact) mass is 342 g/mol. The van der Waals surface area contributed by atoms with Gasteiger partial charge in [0.1, 0.15) is 6.54 Å². The van der Waals surface area contributed by atoms with Crippen molar-refractivity contribution in [1.82, 2.24) is 10.2 Å². The van der Waals surface area contributed by atoms with E-state index in [4.69, 9.17) is 0 Å². The third-order valence-corrected chi connectivity index (χ3v) is 3.79. The first-order valence-electron chi connectivity index (χ1n) is 7.48. The van der Waals surface area contributed by atoms with E-state index in [2.05, 4.69) is 5.32 Å². The zero-order valence-electron chi connectivity index (χ0n) is 13.0. The van der Waals surface area contributed by atoms with Gasteiger partial charge in [0.15, 0.2) is 0 Å². The lowest BCUT2D eigenvalue weighted by Crippen LogP contribution is -2.38. The molecule has 130 valence electrons. The maximum Gasteiger partial charge on any atom is 0.406 e. The molecule has 2 rings (SSSR count). The van der Waals surface area contributed by atoms with E-state index in [0.717, 1.165) is 10.5 Å². The average molecular weight is 342 g/mol. The SMILES string of the molecule is CCN(CC(F)(F)F)C(=O)c1ccc(CC2CC(=O)NC2=O)cc1. The number of imide groups is 1. The van der Waals surface area contributed by atoms with Crippen LogP contribution in [0.1, 0.15) is 29.3 Å². The van der Waals surface area contributed by atoms with Gasteiger partial charge in [-0.3, -0.25) is 19.7 Å². The Morgan fingerprint density at radius 1 is 1.25 bits per heavy atom. The molecule has 8 heteroatoms. The number of benzene rings is 1. The molecule has 1 aliphatic rings. The summed E-state index contributed by atoms with van der Waals surface area (Å²) in [6, 6.07) is 6.05. The second kappa shape index (κ2) is 7.02. The number of carbonyl (C=O) groups is 3. The van der Waals surface area contributed by atoms with Gasteiger partial charge in [-0.2, -0.15) is 13.2 Å². The highest BCUT2D eigenvalue weighted by atomic mass is 19.4. The number of nitrogens with one attached hydrogen (secondary N) is 1. The van der Waals surface area contributed by atoms with Gasteiger partial charge >= 0.3 is 6.18 Å². The summed E-state index contributed by atoms with van der Waals surface area (Å²) >= 11 is 0. The van der Waals surface area contributed by atoms with Crippen molar-refractivity contribution in [3.8, 4) is 0 Å². The van der Waals surface area contributed by atoms with E-state index in [9.17, 15) is 27.6 Å². The van der Waals surface area contributed by atoms with Crippen LogP contribution in [0.5, 0.6) is 0 Å². The molecule has 1 atom stereocenters. The van der Waals surface area contributed by atoms with Gasteiger partial charge < -0.3 is 4.90 Å². The van der Waals surface area contributed by atoms with Crippen LogP contribution < -0.4 is 5.32 Å². The molecule has 1 unspecified atom stereocenters. The van der Waals surface area contributed by atoms with Crippen LogP contribution in [0.4, 0.5) is 13.2 Å². The van der Waals surface area contributed by atoms with Gasteiger partial charge in [0.2, 0.25) is 11.8 Å². The number of carbonyl (C=O) groups excluding carboxylic acids is 3. The van der Waals surface area contributed by atoms with Crippen molar-refractivity contribution in [2.24, 2.45) is 5.92 Å². The molecule has 1 N–H and O–H groups in total. The summed E-state index contributed by atoms with van der Waals surface area (Å²) in [5, 5.41) is 2.22. The van der Waals surface area contributed by atoms with Crippen LogP contribution in [0.3, 0.4) is 0 Å². The molecule has 0 spiro atoms. The standard InChI is InChI=1S/C16H17F3N2O3/c1-2-21(9-16(17,18)19)15(24)11-5-3-10(4-6-11)7-12-8-13(22)20-14(12)23/h3-6,12H,2,7-9H2,1H3,(H,20,22,23). The molecule has 0 aliphatic carbocycles. The summed E-state index contributed by atoms with van der Waals surface area (Å²) in [7, 11) is 0. The maximum atomic E-state index is 12.5. The minimum absolute atomic E-state index is 0.0511. The van der Waals surface area contributed by atoms with Crippen LogP contribution in [0.25, 0.3) is 0 Å². The Balaban J connectivity index is 2.04. The highest BCUT2D eigenvalue weighted by Crippen LogP contribution is 2.20. The Morgan fingerprint density at radius 2 is 1.88 bits per heavy atom. The maximum absolute atomic E-state index is 12.5. The first kappa shape index (κ1) is 18.0. The summed E-state index contributed by atoms with van der Waals surface area (Å²) in [6.45, 7) is 0.132. The molecule has 0 radical (unpaired) electrons. The van der Waals surface area contributed by atoms with Crippen LogP contribution in [-0.4, -0.2) is 41.9 Å². The molecule has 1 saturated heterocycles. The number of rotatable bonds is 5. The first-order chi connectivity index (χ1) is 11.2.